The summed E-state index contributed by atoms with van der Waals surface area (Å²) in [5.74, 6) is -2.00. The summed E-state index contributed by atoms with van der Waals surface area (Å²) in [6.45, 7) is 14.3. The number of amides is 4. The Labute approximate surface area is 250 Å². The number of benzene rings is 1. The Morgan fingerprint density at radius 2 is 1.48 bits per heavy atom. The fourth-order valence-corrected chi connectivity index (χ4v) is 4.31. The molecule has 0 fully saturated rings. The lowest BCUT2D eigenvalue weighted by Gasteiger charge is -2.30. The molecule has 5 atom stereocenters. The summed E-state index contributed by atoms with van der Waals surface area (Å²) in [4.78, 5) is 51.3. The van der Waals surface area contributed by atoms with Gasteiger partial charge >= 0.3 is 6.09 Å². The first kappa shape index (κ1) is 36.8. The van der Waals surface area contributed by atoms with Gasteiger partial charge in [-0.05, 0) is 57.4 Å². The van der Waals surface area contributed by atoms with E-state index in [-0.39, 0.29) is 43.1 Å². The van der Waals surface area contributed by atoms with Gasteiger partial charge in [-0.15, -0.1) is 0 Å². The Bertz CT molecular complexity index is 995. The van der Waals surface area contributed by atoms with E-state index in [1.807, 2.05) is 58.0 Å². The smallest absolute Gasteiger partial charge is 0.408 e. The molecule has 0 aliphatic heterocycles. The van der Waals surface area contributed by atoms with Crippen molar-refractivity contribution in [2.75, 3.05) is 6.61 Å². The van der Waals surface area contributed by atoms with Crippen molar-refractivity contribution in [3.05, 3.63) is 35.9 Å². The van der Waals surface area contributed by atoms with Crippen LogP contribution in [0.1, 0.15) is 80.2 Å². The van der Waals surface area contributed by atoms with Gasteiger partial charge in [-0.25, -0.2) is 4.79 Å². The molecule has 0 unspecified atom stereocenters. The lowest BCUT2D eigenvalue weighted by Crippen LogP contribution is -2.54. The van der Waals surface area contributed by atoms with Crippen molar-refractivity contribution in [1.82, 2.24) is 21.3 Å². The number of aliphatic hydroxyl groups excluding tert-OH is 2. The van der Waals surface area contributed by atoms with Crippen LogP contribution in [-0.2, 0) is 25.7 Å². The molecule has 11 nitrogen and oxygen atoms in total. The summed E-state index contributed by atoms with van der Waals surface area (Å²) in [6.07, 6.45) is -1.48. The maximum Gasteiger partial charge on any atom is 0.408 e. The van der Waals surface area contributed by atoms with Gasteiger partial charge in [0.2, 0.25) is 17.7 Å². The Morgan fingerprint density at radius 3 is 2.00 bits per heavy atom. The van der Waals surface area contributed by atoms with Crippen molar-refractivity contribution in [3.8, 4) is 0 Å². The second-order valence-electron chi connectivity index (χ2n) is 12.6. The Balaban J connectivity index is 2.86. The fourth-order valence-electron chi connectivity index (χ4n) is 4.31. The quantitative estimate of drug-likeness (QED) is 0.172. The molecule has 11 heteroatoms. The van der Waals surface area contributed by atoms with Crippen LogP contribution in [0.25, 0.3) is 0 Å². The topological polar surface area (TPSA) is 166 Å². The van der Waals surface area contributed by atoms with E-state index in [0.29, 0.717) is 13.0 Å². The van der Waals surface area contributed by atoms with Crippen LogP contribution in [0.4, 0.5) is 4.79 Å². The Morgan fingerprint density at radius 1 is 0.857 bits per heavy atom. The number of hydrogen-bond donors (Lipinski definition) is 6. The van der Waals surface area contributed by atoms with Crippen molar-refractivity contribution < 1.29 is 34.1 Å². The van der Waals surface area contributed by atoms with Gasteiger partial charge < -0.3 is 36.2 Å². The van der Waals surface area contributed by atoms with E-state index >= 15 is 0 Å². The van der Waals surface area contributed by atoms with Crippen molar-refractivity contribution in [3.63, 3.8) is 0 Å². The van der Waals surface area contributed by atoms with Crippen LogP contribution in [0, 0.1) is 17.8 Å². The Hall–Kier alpha value is -3.18. The van der Waals surface area contributed by atoms with Gasteiger partial charge in [0.1, 0.15) is 17.7 Å². The number of rotatable bonds is 16. The molecule has 4 amide bonds. The van der Waals surface area contributed by atoms with E-state index in [0.717, 1.165) is 5.56 Å². The third kappa shape index (κ3) is 14.1. The highest BCUT2D eigenvalue weighted by Crippen LogP contribution is 2.17. The molecule has 6 N–H and O–H groups in total. The zero-order valence-electron chi connectivity index (χ0n) is 26.4. The number of hydrogen-bond acceptors (Lipinski definition) is 7. The predicted octanol–water partition coefficient (Wildman–Crippen LogP) is 2.64. The van der Waals surface area contributed by atoms with Crippen molar-refractivity contribution in [2.45, 2.75) is 111 Å². The molecular formula is C31H52N4O7. The van der Waals surface area contributed by atoms with E-state index < -0.39 is 47.7 Å². The third-order valence-electron chi connectivity index (χ3n) is 6.54. The summed E-state index contributed by atoms with van der Waals surface area (Å²) in [5.41, 5.74) is 0.172. The van der Waals surface area contributed by atoms with Gasteiger partial charge in [0, 0.05) is 19.1 Å². The average molecular weight is 593 g/mol. The van der Waals surface area contributed by atoms with Crippen LogP contribution >= 0.6 is 0 Å². The number of carbonyl (C=O) groups is 4. The fraction of sp³-hybridized carbons (Fsp3) is 0.677. The molecule has 0 bridgehead atoms. The van der Waals surface area contributed by atoms with E-state index in [4.69, 9.17) is 4.74 Å². The minimum Gasteiger partial charge on any atom is -0.444 e. The van der Waals surface area contributed by atoms with Gasteiger partial charge in [0.05, 0.1) is 12.1 Å². The number of carbonyl (C=O) groups excluding carboxylic acids is 4. The van der Waals surface area contributed by atoms with Crippen LogP contribution < -0.4 is 21.3 Å². The summed E-state index contributed by atoms with van der Waals surface area (Å²) in [5, 5.41) is 31.5. The summed E-state index contributed by atoms with van der Waals surface area (Å²) < 4.78 is 5.23. The number of aliphatic hydroxyl groups is 2. The van der Waals surface area contributed by atoms with Crippen molar-refractivity contribution >= 4 is 23.8 Å². The number of ether oxygens (including phenoxy) is 1. The number of alkyl carbamates (subject to hydrolysis) is 1. The van der Waals surface area contributed by atoms with Crippen LogP contribution in [0.5, 0.6) is 0 Å². The monoisotopic (exact) mass is 592 g/mol. The first-order valence-electron chi connectivity index (χ1n) is 14.7. The van der Waals surface area contributed by atoms with Crippen LogP contribution in [-0.4, -0.2) is 70.5 Å². The number of nitrogens with one attached hydrogen (secondary N) is 4. The highest BCUT2D eigenvalue weighted by Gasteiger charge is 2.32. The predicted molar refractivity (Wildman–Crippen MR) is 161 cm³/mol. The first-order chi connectivity index (χ1) is 19.5. The van der Waals surface area contributed by atoms with Crippen LogP contribution in [0.2, 0.25) is 0 Å². The first-order valence-corrected chi connectivity index (χ1v) is 14.7. The highest BCUT2D eigenvalue weighted by molar-refractivity contribution is 5.88. The molecule has 0 heterocycles. The van der Waals surface area contributed by atoms with E-state index in [1.165, 1.54) is 0 Å². The summed E-state index contributed by atoms with van der Waals surface area (Å²) in [7, 11) is 0. The lowest BCUT2D eigenvalue weighted by atomic mass is 9.91. The summed E-state index contributed by atoms with van der Waals surface area (Å²) >= 11 is 0. The molecule has 0 radical (unpaired) electrons. The third-order valence-corrected chi connectivity index (χ3v) is 6.54. The molecule has 1 aromatic rings. The lowest BCUT2D eigenvalue weighted by molar-refractivity contribution is -0.132. The molecule has 0 aromatic heterocycles. The minimum absolute atomic E-state index is 0.0319. The van der Waals surface area contributed by atoms with Crippen LogP contribution in [0.15, 0.2) is 30.3 Å². The van der Waals surface area contributed by atoms with Gasteiger partial charge in [-0.2, -0.15) is 0 Å². The van der Waals surface area contributed by atoms with E-state index in [9.17, 15) is 29.4 Å². The van der Waals surface area contributed by atoms with E-state index in [2.05, 4.69) is 21.3 Å². The molecule has 0 aliphatic rings. The standard InChI is InChI=1S/C31H52N4O7/c1-19(2)16-24(33-28(39)23(14-15-36)34-30(41)42-31(6,7)8)25(37)17-21(5)27(38)35-26(20(3)4)29(40)32-18-22-12-10-9-11-13-22/h9-13,19-21,23-26,36-37H,14-18H2,1-8H3,(H,32,40)(H,33,39)(H,34,41)(H,35,38)/t21-,23+,24+,25+,26+/m1/s1. The van der Waals surface area contributed by atoms with Crippen molar-refractivity contribution in [2.24, 2.45) is 17.8 Å². The SMILES string of the molecule is CC(C)C[C@H](NC(=O)[C@H](CCO)NC(=O)OC(C)(C)C)[C@@H](O)C[C@@H](C)C(=O)N[C@H](C(=O)NCc1ccccc1)C(C)C. The second kappa shape index (κ2) is 17.7. The zero-order valence-corrected chi connectivity index (χ0v) is 26.4. The Kier molecular flexibility index (Phi) is 15.5. The maximum atomic E-state index is 13.1. The van der Waals surface area contributed by atoms with E-state index in [1.54, 1.807) is 27.7 Å². The second-order valence-corrected chi connectivity index (χ2v) is 12.6. The molecule has 1 rings (SSSR count). The zero-order chi connectivity index (χ0) is 32.0. The van der Waals surface area contributed by atoms with Gasteiger partial charge in [0.25, 0.3) is 0 Å². The molecule has 1 aromatic carbocycles. The molecular weight excluding hydrogens is 540 g/mol. The molecule has 0 aliphatic carbocycles. The molecule has 238 valence electrons. The molecule has 0 saturated heterocycles. The van der Waals surface area contributed by atoms with Crippen LogP contribution in [0.3, 0.4) is 0 Å². The van der Waals surface area contributed by atoms with Gasteiger partial charge in [0.15, 0.2) is 0 Å². The maximum absolute atomic E-state index is 13.1. The summed E-state index contributed by atoms with van der Waals surface area (Å²) in [6, 6.07) is 6.91. The largest absolute Gasteiger partial charge is 0.444 e. The average Bonchev–Trinajstić information content (AvgIpc) is 2.88. The molecule has 0 spiro atoms. The normalized spacial score (nSPS) is 15.2. The van der Waals surface area contributed by atoms with Crippen molar-refractivity contribution in [1.29, 1.82) is 0 Å². The highest BCUT2D eigenvalue weighted by atomic mass is 16.6. The van der Waals surface area contributed by atoms with Gasteiger partial charge in [-0.3, -0.25) is 14.4 Å². The molecule has 0 saturated carbocycles. The molecule has 42 heavy (non-hydrogen) atoms. The van der Waals surface area contributed by atoms with Gasteiger partial charge in [-0.1, -0.05) is 65.0 Å². The minimum atomic E-state index is -1.09.